The minimum absolute atomic E-state index is 0.481. The molecule has 1 aromatic rings. The van der Waals surface area contributed by atoms with Crippen molar-refractivity contribution in [3.8, 4) is 0 Å². The van der Waals surface area contributed by atoms with Gasteiger partial charge in [-0.25, -0.2) is 0 Å². The van der Waals surface area contributed by atoms with Gasteiger partial charge in [0.05, 0.1) is 0 Å². The van der Waals surface area contributed by atoms with Gasteiger partial charge in [-0.3, -0.25) is 0 Å². The Bertz CT molecular complexity index is 277. The Labute approximate surface area is 92.6 Å². The van der Waals surface area contributed by atoms with E-state index in [0.717, 1.165) is 18.6 Å². The Kier molecular flexibility index (Phi) is 3.61. The number of hydrogen-bond acceptors (Lipinski definition) is 1. The van der Waals surface area contributed by atoms with Crippen molar-refractivity contribution < 1.29 is 0 Å². The molecule has 0 aromatic heterocycles. The Morgan fingerprint density at radius 2 is 2.18 bits per heavy atom. The van der Waals surface area contributed by atoms with Crippen LogP contribution in [0.5, 0.6) is 0 Å². The van der Waals surface area contributed by atoms with Crippen LogP contribution in [0.15, 0.2) is 16.6 Å². The first-order valence-electron chi connectivity index (χ1n) is 2.98. The highest BCUT2D eigenvalue weighted by Gasteiger charge is 2.02. The molecule has 0 bridgehead atoms. The van der Waals surface area contributed by atoms with Gasteiger partial charge in [0.15, 0.2) is 0 Å². The molecule has 0 saturated heterocycles. The minimum Gasteiger partial charge on any atom is -0.326 e. The number of halogens is 3. The number of rotatable bonds is 1. The molecule has 0 aliphatic carbocycles. The quantitative estimate of drug-likeness (QED) is 0.613. The molecule has 0 aliphatic rings. The largest absolute Gasteiger partial charge is 0.326 e. The van der Waals surface area contributed by atoms with E-state index in [2.05, 4.69) is 38.5 Å². The standard InChI is InChI=1S/C7H6BrClIN/c8-5-1-4(3-11)6(9)2-7(5)10/h1-2H,3,11H2. The van der Waals surface area contributed by atoms with Gasteiger partial charge in [0.1, 0.15) is 0 Å². The van der Waals surface area contributed by atoms with Gasteiger partial charge in [-0.15, -0.1) is 0 Å². The lowest BCUT2D eigenvalue weighted by Crippen LogP contribution is -1.97. The minimum atomic E-state index is 0.481. The summed E-state index contributed by atoms with van der Waals surface area (Å²) in [6.07, 6.45) is 0. The van der Waals surface area contributed by atoms with Gasteiger partial charge in [-0.1, -0.05) is 11.6 Å². The average molecular weight is 346 g/mol. The summed E-state index contributed by atoms with van der Waals surface area (Å²) in [6, 6.07) is 3.85. The molecule has 0 atom stereocenters. The molecule has 0 fully saturated rings. The Morgan fingerprint density at radius 3 is 2.73 bits per heavy atom. The molecule has 0 heterocycles. The van der Waals surface area contributed by atoms with Crippen molar-refractivity contribution in [3.63, 3.8) is 0 Å². The summed E-state index contributed by atoms with van der Waals surface area (Å²) < 4.78 is 2.15. The van der Waals surface area contributed by atoms with Gasteiger partial charge in [0.2, 0.25) is 0 Å². The van der Waals surface area contributed by atoms with Crippen molar-refractivity contribution in [1.29, 1.82) is 0 Å². The van der Waals surface area contributed by atoms with Crippen molar-refractivity contribution >= 4 is 50.1 Å². The van der Waals surface area contributed by atoms with E-state index in [9.17, 15) is 0 Å². The molecular weight excluding hydrogens is 340 g/mol. The third-order valence-corrected chi connectivity index (χ3v) is 3.95. The van der Waals surface area contributed by atoms with Crippen LogP contribution < -0.4 is 5.73 Å². The lowest BCUT2D eigenvalue weighted by Gasteiger charge is -2.02. The van der Waals surface area contributed by atoms with Crippen LogP contribution in [0.3, 0.4) is 0 Å². The topological polar surface area (TPSA) is 26.0 Å². The molecule has 4 heteroatoms. The SMILES string of the molecule is NCc1cc(Br)c(I)cc1Cl. The maximum absolute atomic E-state index is 5.90. The first-order chi connectivity index (χ1) is 5.15. The van der Waals surface area contributed by atoms with Crippen LogP contribution in [0.1, 0.15) is 5.56 Å². The number of nitrogens with two attached hydrogens (primary N) is 1. The first kappa shape index (κ1) is 9.77. The summed E-state index contributed by atoms with van der Waals surface area (Å²) in [5.74, 6) is 0. The van der Waals surface area contributed by atoms with E-state index in [1.807, 2.05) is 12.1 Å². The highest BCUT2D eigenvalue weighted by Crippen LogP contribution is 2.26. The van der Waals surface area contributed by atoms with Crippen molar-refractivity contribution in [2.45, 2.75) is 6.54 Å². The van der Waals surface area contributed by atoms with E-state index >= 15 is 0 Å². The molecular formula is C7H6BrClIN. The van der Waals surface area contributed by atoms with E-state index in [0.29, 0.717) is 6.54 Å². The normalized spacial score (nSPS) is 10.2. The second kappa shape index (κ2) is 4.07. The summed E-state index contributed by atoms with van der Waals surface area (Å²) >= 11 is 11.5. The molecule has 2 N–H and O–H groups in total. The predicted molar refractivity (Wildman–Crippen MR) is 59.8 cm³/mol. The molecule has 1 rings (SSSR count). The van der Waals surface area contributed by atoms with Crippen LogP contribution >= 0.6 is 50.1 Å². The van der Waals surface area contributed by atoms with E-state index in [4.69, 9.17) is 17.3 Å². The van der Waals surface area contributed by atoms with Crippen LogP contribution in [-0.2, 0) is 6.54 Å². The lowest BCUT2D eigenvalue weighted by atomic mass is 10.2. The molecule has 0 spiro atoms. The average Bonchev–Trinajstić information content (AvgIpc) is 1.97. The Hall–Kier alpha value is 0.680. The molecule has 1 nitrogen and oxygen atoms in total. The molecule has 1 aromatic carbocycles. The Morgan fingerprint density at radius 1 is 1.55 bits per heavy atom. The fraction of sp³-hybridized carbons (Fsp3) is 0.143. The second-order valence-corrected chi connectivity index (χ2v) is 4.49. The van der Waals surface area contributed by atoms with Crippen LogP contribution in [0.25, 0.3) is 0 Å². The highest BCUT2D eigenvalue weighted by molar-refractivity contribution is 14.1. The lowest BCUT2D eigenvalue weighted by molar-refractivity contribution is 1.07. The van der Waals surface area contributed by atoms with Gasteiger partial charge in [-0.05, 0) is 56.2 Å². The zero-order valence-corrected chi connectivity index (χ0v) is 10.1. The summed E-state index contributed by atoms with van der Waals surface area (Å²) in [5, 5.41) is 0.736. The Balaban J connectivity index is 3.21. The van der Waals surface area contributed by atoms with Gasteiger partial charge >= 0.3 is 0 Å². The third-order valence-electron chi connectivity index (χ3n) is 1.31. The maximum Gasteiger partial charge on any atom is 0.0462 e. The van der Waals surface area contributed by atoms with Crippen LogP contribution in [0.4, 0.5) is 0 Å². The highest BCUT2D eigenvalue weighted by atomic mass is 127. The molecule has 60 valence electrons. The van der Waals surface area contributed by atoms with E-state index < -0.39 is 0 Å². The van der Waals surface area contributed by atoms with Crippen LogP contribution in [0.2, 0.25) is 5.02 Å². The van der Waals surface area contributed by atoms with Gasteiger partial charge in [0, 0.05) is 19.6 Å². The zero-order valence-electron chi connectivity index (χ0n) is 5.57. The molecule has 11 heavy (non-hydrogen) atoms. The summed E-state index contributed by atoms with van der Waals surface area (Å²) in [4.78, 5) is 0. The van der Waals surface area contributed by atoms with Crippen molar-refractivity contribution in [2.75, 3.05) is 0 Å². The third kappa shape index (κ3) is 2.31. The summed E-state index contributed by atoms with van der Waals surface area (Å²) in [6.45, 7) is 0.481. The first-order valence-corrected chi connectivity index (χ1v) is 5.23. The fourth-order valence-electron chi connectivity index (χ4n) is 0.720. The molecule has 0 unspecified atom stereocenters. The van der Waals surface area contributed by atoms with Gasteiger partial charge in [0.25, 0.3) is 0 Å². The number of hydrogen-bond donors (Lipinski definition) is 1. The summed E-state index contributed by atoms with van der Waals surface area (Å²) in [7, 11) is 0. The summed E-state index contributed by atoms with van der Waals surface area (Å²) in [5.41, 5.74) is 6.43. The molecule has 0 saturated carbocycles. The van der Waals surface area contributed by atoms with Crippen LogP contribution in [0, 0.1) is 3.57 Å². The van der Waals surface area contributed by atoms with Crippen molar-refractivity contribution in [2.24, 2.45) is 5.73 Å². The zero-order chi connectivity index (χ0) is 8.43. The van der Waals surface area contributed by atoms with E-state index in [1.54, 1.807) is 0 Å². The number of benzene rings is 1. The molecule has 0 amide bonds. The van der Waals surface area contributed by atoms with Crippen molar-refractivity contribution in [1.82, 2.24) is 0 Å². The fourth-order valence-corrected chi connectivity index (χ4v) is 2.00. The predicted octanol–water partition coefficient (Wildman–Crippen LogP) is 3.17. The smallest absolute Gasteiger partial charge is 0.0462 e. The van der Waals surface area contributed by atoms with Gasteiger partial charge in [-0.2, -0.15) is 0 Å². The van der Waals surface area contributed by atoms with E-state index in [1.165, 1.54) is 0 Å². The molecule has 0 aliphatic heterocycles. The van der Waals surface area contributed by atoms with E-state index in [-0.39, 0.29) is 0 Å². The van der Waals surface area contributed by atoms with Crippen LogP contribution in [-0.4, -0.2) is 0 Å². The monoisotopic (exact) mass is 345 g/mol. The maximum atomic E-state index is 5.90. The second-order valence-electron chi connectivity index (χ2n) is 2.06. The molecule has 0 radical (unpaired) electrons. The van der Waals surface area contributed by atoms with Gasteiger partial charge < -0.3 is 5.73 Å². The van der Waals surface area contributed by atoms with Crippen molar-refractivity contribution in [3.05, 3.63) is 30.8 Å².